The molecule has 0 aliphatic carbocycles. The van der Waals surface area contributed by atoms with E-state index in [-0.39, 0.29) is 0 Å². The number of nitrogens with two attached hydrogens (primary N) is 2. The van der Waals surface area contributed by atoms with Crippen LogP contribution in [0.15, 0.2) is 12.7 Å². The van der Waals surface area contributed by atoms with Crippen LogP contribution in [0.2, 0.25) is 0 Å². The van der Waals surface area contributed by atoms with Gasteiger partial charge in [-0.05, 0) is 26.8 Å². The molecular formula is C10H21N3O3. The van der Waals surface area contributed by atoms with Crippen molar-refractivity contribution < 1.29 is 14.3 Å². The van der Waals surface area contributed by atoms with Gasteiger partial charge in [0.25, 0.3) is 0 Å². The summed E-state index contributed by atoms with van der Waals surface area (Å²) in [5.74, 6) is -0.481. The molecule has 2 amide bonds. The van der Waals surface area contributed by atoms with Crippen LogP contribution in [0, 0.1) is 0 Å². The number of amides is 2. The van der Waals surface area contributed by atoms with Crippen LogP contribution in [0.4, 0.5) is 4.79 Å². The molecule has 0 unspecified atom stereocenters. The fourth-order valence-electron chi connectivity index (χ4n) is 0.488. The molecule has 0 spiro atoms. The summed E-state index contributed by atoms with van der Waals surface area (Å²) < 4.78 is 4.93. The molecule has 94 valence electrons. The fraction of sp³-hybridized carbons (Fsp3) is 0.600. The van der Waals surface area contributed by atoms with Crippen molar-refractivity contribution >= 4 is 12.0 Å². The Morgan fingerprint density at radius 2 is 1.88 bits per heavy atom. The van der Waals surface area contributed by atoms with E-state index < -0.39 is 17.6 Å². The van der Waals surface area contributed by atoms with E-state index in [4.69, 9.17) is 10.5 Å². The predicted octanol–water partition coefficient (Wildman–Crippen LogP) is 0.128. The van der Waals surface area contributed by atoms with Gasteiger partial charge in [0.15, 0.2) is 0 Å². The summed E-state index contributed by atoms with van der Waals surface area (Å²) in [6, 6.07) is 0. The number of ether oxygens (including phenoxy) is 1. The third kappa shape index (κ3) is 18.3. The highest BCUT2D eigenvalue weighted by Gasteiger charge is 2.14. The SMILES string of the molecule is C=CC(N)=O.CC(C)(C)OC(=O)NCCN. The van der Waals surface area contributed by atoms with Gasteiger partial charge in [0, 0.05) is 13.1 Å². The molecule has 6 heteroatoms. The molecule has 0 rings (SSSR count). The molecule has 0 aliphatic heterocycles. The van der Waals surface area contributed by atoms with Crippen LogP contribution in [0.1, 0.15) is 20.8 Å². The van der Waals surface area contributed by atoms with Gasteiger partial charge in [-0.15, -0.1) is 0 Å². The van der Waals surface area contributed by atoms with Crippen molar-refractivity contribution in [2.45, 2.75) is 26.4 Å². The minimum absolute atomic E-state index is 0.414. The van der Waals surface area contributed by atoms with Crippen LogP contribution >= 0.6 is 0 Å². The molecule has 0 atom stereocenters. The second-order valence-electron chi connectivity index (χ2n) is 3.82. The van der Waals surface area contributed by atoms with E-state index in [2.05, 4.69) is 17.6 Å². The summed E-state index contributed by atoms with van der Waals surface area (Å²) in [6.07, 6.45) is 0.642. The van der Waals surface area contributed by atoms with Gasteiger partial charge < -0.3 is 21.5 Å². The van der Waals surface area contributed by atoms with Crippen molar-refractivity contribution in [3.63, 3.8) is 0 Å². The number of carbonyl (C=O) groups excluding carboxylic acids is 2. The summed E-state index contributed by atoms with van der Waals surface area (Å²) >= 11 is 0. The topological polar surface area (TPSA) is 107 Å². The lowest BCUT2D eigenvalue weighted by molar-refractivity contribution is -0.113. The van der Waals surface area contributed by atoms with Crippen LogP contribution in [0.3, 0.4) is 0 Å². The molecule has 0 aromatic carbocycles. The Morgan fingerprint density at radius 1 is 1.44 bits per heavy atom. The lowest BCUT2D eigenvalue weighted by Crippen LogP contribution is -2.35. The van der Waals surface area contributed by atoms with Crippen LogP contribution < -0.4 is 16.8 Å². The molecule has 5 N–H and O–H groups in total. The fourth-order valence-corrected chi connectivity index (χ4v) is 0.488. The van der Waals surface area contributed by atoms with E-state index in [1.807, 2.05) is 20.8 Å². The first-order valence-electron chi connectivity index (χ1n) is 4.81. The smallest absolute Gasteiger partial charge is 0.407 e. The van der Waals surface area contributed by atoms with E-state index in [0.29, 0.717) is 13.1 Å². The summed E-state index contributed by atoms with van der Waals surface area (Å²) in [5.41, 5.74) is 9.27. The van der Waals surface area contributed by atoms with Crippen LogP contribution in [-0.2, 0) is 9.53 Å². The molecule has 0 saturated heterocycles. The Labute approximate surface area is 96.0 Å². The molecule has 6 nitrogen and oxygen atoms in total. The van der Waals surface area contributed by atoms with Gasteiger partial charge in [-0.2, -0.15) is 0 Å². The number of alkyl carbamates (subject to hydrolysis) is 1. The molecule has 0 aromatic rings. The maximum Gasteiger partial charge on any atom is 0.407 e. The monoisotopic (exact) mass is 231 g/mol. The van der Waals surface area contributed by atoms with Gasteiger partial charge in [0.1, 0.15) is 5.60 Å². The zero-order chi connectivity index (χ0) is 13.2. The normalized spacial score (nSPS) is 9.50. The molecule has 0 bridgehead atoms. The van der Waals surface area contributed by atoms with E-state index in [0.717, 1.165) is 6.08 Å². The second-order valence-corrected chi connectivity index (χ2v) is 3.82. The Kier molecular flexibility index (Phi) is 9.19. The van der Waals surface area contributed by atoms with Gasteiger partial charge >= 0.3 is 6.09 Å². The zero-order valence-electron chi connectivity index (χ0n) is 10.1. The minimum Gasteiger partial charge on any atom is -0.444 e. The Bertz CT molecular complexity index is 234. The predicted molar refractivity (Wildman–Crippen MR) is 62.7 cm³/mol. The van der Waals surface area contributed by atoms with Crippen LogP contribution in [0.25, 0.3) is 0 Å². The average Bonchev–Trinajstić information content (AvgIpc) is 2.13. The molecule has 0 aliphatic rings. The summed E-state index contributed by atoms with van der Waals surface area (Å²) in [6.45, 7) is 9.41. The molecule has 16 heavy (non-hydrogen) atoms. The summed E-state index contributed by atoms with van der Waals surface area (Å²) in [4.78, 5) is 20.3. The van der Waals surface area contributed by atoms with E-state index in [1.165, 1.54) is 0 Å². The lowest BCUT2D eigenvalue weighted by atomic mass is 10.2. The summed E-state index contributed by atoms with van der Waals surface area (Å²) in [5, 5.41) is 2.50. The quantitative estimate of drug-likeness (QED) is 0.600. The Balaban J connectivity index is 0. The molecular weight excluding hydrogens is 210 g/mol. The minimum atomic E-state index is -0.481. The zero-order valence-corrected chi connectivity index (χ0v) is 10.1. The van der Waals surface area contributed by atoms with Crippen molar-refractivity contribution in [2.75, 3.05) is 13.1 Å². The molecule has 0 heterocycles. The van der Waals surface area contributed by atoms with Crippen molar-refractivity contribution in [2.24, 2.45) is 11.5 Å². The number of primary amides is 1. The Hall–Kier alpha value is -1.56. The highest BCUT2D eigenvalue weighted by Crippen LogP contribution is 2.05. The molecule has 0 radical (unpaired) electrons. The van der Waals surface area contributed by atoms with Gasteiger partial charge in [-0.25, -0.2) is 4.79 Å². The number of nitrogens with one attached hydrogen (secondary N) is 1. The highest BCUT2D eigenvalue weighted by molar-refractivity contribution is 5.84. The summed E-state index contributed by atoms with van der Waals surface area (Å²) in [7, 11) is 0. The van der Waals surface area contributed by atoms with Crippen molar-refractivity contribution in [3.8, 4) is 0 Å². The van der Waals surface area contributed by atoms with Crippen molar-refractivity contribution in [1.82, 2.24) is 5.32 Å². The van der Waals surface area contributed by atoms with Crippen molar-refractivity contribution in [1.29, 1.82) is 0 Å². The number of carbonyl (C=O) groups is 2. The standard InChI is InChI=1S/C7H16N2O2.C3H5NO/c1-7(2,3)11-6(10)9-5-4-8;1-2-3(4)5/h4-5,8H2,1-3H3,(H,9,10);2H,1H2,(H2,4,5). The third-order valence-electron chi connectivity index (χ3n) is 1.01. The number of hydrogen-bond donors (Lipinski definition) is 3. The van der Waals surface area contributed by atoms with Crippen molar-refractivity contribution in [3.05, 3.63) is 12.7 Å². The van der Waals surface area contributed by atoms with Crippen LogP contribution in [-0.4, -0.2) is 30.7 Å². The first kappa shape index (κ1) is 16.9. The van der Waals surface area contributed by atoms with E-state index >= 15 is 0 Å². The van der Waals surface area contributed by atoms with Gasteiger partial charge in [0.05, 0.1) is 0 Å². The van der Waals surface area contributed by atoms with Gasteiger partial charge in [0.2, 0.25) is 5.91 Å². The number of rotatable bonds is 3. The largest absolute Gasteiger partial charge is 0.444 e. The van der Waals surface area contributed by atoms with Gasteiger partial charge in [-0.1, -0.05) is 6.58 Å². The molecule has 0 fully saturated rings. The number of hydrogen-bond acceptors (Lipinski definition) is 4. The highest BCUT2D eigenvalue weighted by atomic mass is 16.6. The molecule has 0 aromatic heterocycles. The Morgan fingerprint density at radius 3 is 2.12 bits per heavy atom. The first-order valence-corrected chi connectivity index (χ1v) is 4.81. The lowest BCUT2D eigenvalue weighted by Gasteiger charge is -2.19. The average molecular weight is 231 g/mol. The third-order valence-corrected chi connectivity index (χ3v) is 1.01. The second kappa shape index (κ2) is 8.72. The van der Waals surface area contributed by atoms with E-state index in [9.17, 15) is 9.59 Å². The maximum atomic E-state index is 10.8. The van der Waals surface area contributed by atoms with Crippen LogP contribution in [0.5, 0.6) is 0 Å². The molecule has 0 saturated carbocycles. The van der Waals surface area contributed by atoms with Gasteiger partial charge in [-0.3, -0.25) is 4.79 Å². The van der Waals surface area contributed by atoms with E-state index in [1.54, 1.807) is 0 Å². The first-order chi connectivity index (χ1) is 7.22. The maximum absolute atomic E-state index is 10.8.